The average molecular weight is 170 g/mol. The highest BCUT2D eigenvalue weighted by Crippen LogP contribution is 2.39. The van der Waals surface area contributed by atoms with Crippen LogP contribution in [0.3, 0.4) is 0 Å². The molecule has 0 amide bonds. The Balaban J connectivity index is 2.68. The first-order valence-corrected chi connectivity index (χ1v) is 4.33. The predicted octanol–water partition coefficient (Wildman–Crippen LogP) is 0.963. The second kappa shape index (κ2) is 3.56. The summed E-state index contributed by atoms with van der Waals surface area (Å²) in [4.78, 5) is 0. The van der Waals surface area contributed by atoms with Crippen LogP contribution in [0.25, 0.3) is 0 Å². The Morgan fingerprint density at radius 3 is 2.33 bits per heavy atom. The van der Waals surface area contributed by atoms with Crippen molar-refractivity contribution in [1.82, 2.24) is 5.43 Å². The van der Waals surface area contributed by atoms with Crippen molar-refractivity contribution in [1.29, 1.82) is 0 Å². The molecule has 0 aromatic carbocycles. The standard InChI is InChI=1S/C9H18N2O/c1-7(2)8(11-10)9(12-3)5-4-6-9/h8,11H,1,4-6,10H2,2-3H3. The molecule has 0 aromatic rings. The van der Waals surface area contributed by atoms with Crippen LogP contribution in [0.1, 0.15) is 26.2 Å². The smallest absolute Gasteiger partial charge is 0.0882 e. The van der Waals surface area contributed by atoms with Crippen LogP contribution in [0.4, 0.5) is 0 Å². The lowest BCUT2D eigenvalue weighted by molar-refractivity contribution is -0.0897. The van der Waals surface area contributed by atoms with Crippen molar-refractivity contribution in [2.75, 3.05) is 7.11 Å². The van der Waals surface area contributed by atoms with Crippen molar-refractivity contribution in [2.24, 2.45) is 5.84 Å². The minimum atomic E-state index is -0.0828. The van der Waals surface area contributed by atoms with Gasteiger partial charge >= 0.3 is 0 Å². The van der Waals surface area contributed by atoms with Gasteiger partial charge in [0.05, 0.1) is 11.6 Å². The van der Waals surface area contributed by atoms with Gasteiger partial charge in [0.2, 0.25) is 0 Å². The maximum atomic E-state index is 5.48. The monoisotopic (exact) mass is 170 g/mol. The zero-order chi connectivity index (χ0) is 9.19. The van der Waals surface area contributed by atoms with E-state index in [0.717, 1.165) is 18.4 Å². The summed E-state index contributed by atoms with van der Waals surface area (Å²) in [6.07, 6.45) is 3.37. The van der Waals surface area contributed by atoms with E-state index in [4.69, 9.17) is 10.6 Å². The van der Waals surface area contributed by atoms with Crippen LogP contribution in [0.15, 0.2) is 12.2 Å². The Labute approximate surface area is 73.9 Å². The lowest BCUT2D eigenvalue weighted by atomic mass is 9.73. The van der Waals surface area contributed by atoms with E-state index < -0.39 is 0 Å². The molecule has 0 heterocycles. The van der Waals surface area contributed by atoms with Gasteiger partial charge in [-0.3, -0.25) is 11.3 Å². The molecule has 3 heteroatoms. The number of rotatable bonds is 4. The van der Waals surface area contributed by atoms with Crippen LogP contribution in [-0.2, 0) is 4.74 Å². The molecule has 1 saturated carbocycles. The molecule has 1 aliphatic rings. The van der Waals surface area contributed by atoms with Gasteiger partial charge in [-0.2, -0.15) is 0 Å². The summed E-state index contributed by atoms with van der Waals surface area (Å²) in [7, 11) is 1.74. The fraction of sp³-hybridized carbons (Fsp3) is 0.778. The van der Waals surface area contributed by atoms with Crippen LogP contribution in [0.2, 0.25) is 0 Å². The molecule has 0 bridgehead atoms. The van der Waals surface area contributed by atoms with Crippen molar-refractivity contribution in [3.63, 3.8) is 0 Å². The molecule has 1 fully saturated rings. The van der Waals surface area contributed by atoms with E-state index in [1.807, 2.05) is 6.92 Å². The molecule has 1 aliphatic carbocycles. The molecule has 0 aromatic heterocycles. The highest BCUT2D eigenvalue weighted by Gasteiger charge is 2.44. The van der Waals surface area contributed by atoms with Gasteiger partial charge < -0.3 is 4.74 Å². The van der Waals surface area contributed by atoms with Crippen molar-refractivity contribution < 1.29 is 4.74 Å². The third-order valence-electron chi connectivity index (χ3n) is 2.79. The molecule has 0 radical (unpaired) electrons. The molecule has 0 saturated heterocycles. The summed E-state index contributed by atoms with van der Waals surface area (Å²) in [6, 6.07) is 0.0937. The second-order valence-electron chi connectivity index (χ2n) is 3.57. The molecular weight excluding hydrogens is 152 g/mol. The van der Waals surface area contributed by atoms with Gasteiger partial charge in [0.15, 0.2) is 0 Å². The molecular formula is C9H18N2O. The van der Waals surface area contributed by atoms with Crippen LogP contribution in [0.5, 0.6) is 0 Å². The fourth-order valence-electron chi connectivity index (χ4n) is 1.88. The summed E-state index contributed by atoms with van der Waals surface area (Å²) in [6.45, 7) is 5.88. The Morgan fingerprint density at radius 2 is 2.25 bits per heavy atom. The van der Waals surface area contributed by atoms with E-state index in [2.05, 4.69) is 12.0 Å². The maximum Gasteiger partial charge on any atom is 0.0882 e. The number of ether oxygens (including phenoxy) is 1. The molecule has 3 nitrogen and oxygen atoms in total. The minimum Gasteiger partial charge on any atom is -0.376 e. The summed E-state index contributed by atoms with van der Waals surface area (Å²) < 4.78 is 5.48. The molecule has 0 aliphatic heterocycles. The Bertz CT molecular complexity index is 170. The number of hydrogen-bond acceptors (Lipinski definition) is 3. The number of nitrogens with two attached hydrogens (primary N) is 1. The van der Waals surface area contributed by atoms with E-state index >= 15 is 0 Å². The van der Waals surface area contributed by atoms with Crippen molar-refractivity contribution in [2.45, 2.75) is 37.8 Å². The zero-order valence-electron chi connectivity index (χ0n) is 7.89. The third-order valence-corrected chi connectivity index (χ3v) is 2.79. The first-order chi connectivity index (χ1) is 5.66. The van der Waals surface area contributed by atoms with Gasteiger partial charge in [0, 0.05) is 7.11 Å². The van der Waals surface area contributed by atoms with Crippen molar-refractivity contribution in [3.8, 4) is 0 Å². The van der Waals surface area contributed by atoms with E-state index in [0.29, 0.717) is 0 Å². The van der Waals surface area contributed by atoms with Gasteiger partial charge in [0.1, 0.15) is 0 Å². The first kappa shape index (κ1) is 9.71. The summed E-state index contributed by atoms with van der Waals surface area (Å²) >= 11 is 0. The van der Waals surface area contributed by atoms with Gasteiger partial charge in [0.25, 0.3) is 0 Å². The summed E-state index contributed by atoms with van der Waals surface area (Å²) in [5.74, 6) is 5.45. The normalized spacial score (nSPS) is 22.9. The Hall–Kier alpha value is -0.380. The van der Waals surface area contributed by atoms with E-state index in [-0.39, 0.29) is 11.6 Å². The fourth-order valence-corrected chi connectivity index (χ4v) is 1.88. The predicted molar refractivity (Wildman–Crippen MR) is 49.5 cm³/mol. The Kier molecular flexibility index (Phi) is 2.88. The largest absolute Gasteiger partial charge is 0.376 e. The van der Waals surface area contributed by atoms with E-state index in [1.165, 1.54) is 6.42 Å². The van der Waals surface area contributed by atoms with Gasteiger partial charge in [-0.1, -0.05) is 12.2 Å². The molecule has 12 heavy (non-hydrogen) atoms. The van der Waals surface area contributed by atoms with E-state index in [9.17, 15) is 0 Å². The SMILES string of the molecule is C=C(C)C(NN)C1(OC)CCC1. The number of nitrogens with one attached hydrogen (secondary N) is 1. The molecule has 1 rings (SSSR count). The third kappa shape index (κ3) is 1.40. The van der Waals surface area contributed by atoms with Gasteiger partial charge in [-0.25, -0.2) is 0 Å². The van der Waals surface area contributed by atoms with Gasteiger partial charge in [-0.05, 0) is 26.2 Å². The van der Waals surface area contributed by atoms with Crippen LogP contribution >= 0.6 is 0 Å². The first-order valence-electron chi connectivity index (χ1n) is 4.33. The number of hydrazine groups is 1. The van der Waals surface area contributed by atoms with Crippen molar-refractivity contribution in [3.05, 3.63) is 12.2 Å². The zero-order valence-corrected chi connectivity index (χ0v) is 7.89. The molecule has 0 spiro atoms. The molecule has 1 unspecified atom stereocenters. The molecule has 3 N–H and O–H groups in total. The maximum absolute atomic E-state index is 5.48. The topological polar surface area (TPSA) is 47.3 Å². The number of methoxy groups -OCH3 is 1. The highest BCUT2D eigenvalue weighted by atomic mass is 16.5. The van der Waals surface area contributed by atoms with Gasteiger partial charge in [-0.15, -0.1) is 0 Å². The summed E-state index contributed by atoms with van der Waals surface area (Å²) in [5.41, 5.74) is 3.73. The highest BCUT2D eigenvalue weighted by molar-refractivity contribution is 5.14. The average Bonchev–Trinajstić information content (AvgIpc) is 1.95. The van der Waals surface area contributed by atoms with Crippen molar-refractivity contribution >= 4 is 0 Å². The van der Waals surface area contributed by atoms with Crippen LogP contribution in [0, 0.1) is 0 Å². The molecule has 70 valence electrons. The van der Waals surface area contributed by atoms with Crippen LogP contribution in [-0.4, -0.2) is 18.8 Å². The lowest BCUT2D eigenvalue weighted by Gasteiger charge is -2.46. The van der Waals surface area contributed by atoms with Crippen LogP contribution < -0.4 is 11.3 Å². The molecule has 1 atom stereocenters. The minimum absolute atomic E-state index is 0.0828. The second-order valence-corrected chi connectivity index (χ2v) is 3.57. The number of hydrogen-bond donors (Lipinski definition) is 2. The summed E-state index contributed by atoms with van der Waals surface area (Å²) in [5, 5.41) is 0. The van der Waals surface area contributed by atoms with E-state index in [1.54, 1.807) is 7.11 Å². The Morgan fingerprint density at radius 1 is 1.67 bits per heavy atom. The lowest BCUT2D eigenvalue weighted by Crippen LogP contribution is -2.58. The quantitative estimate of drug-likeness (QED) is 0.375.